The van der Waals surface area contributed by atoms with Crippen molar-refractivity contribution in [3.63, 3.8) is 0 Å². The number of hydrogen-bond donors (Lipinski definition) is 13. The van der Waals surface area contributed by atoms with E-state index in [0.717, 1.165) is 10.9 Å². The molecule has 3 aromatic rings. The first-order chi connectivity index (χ1) is 32.9. The highest BCUT2D eigenvalue weighted by molar-refractivity contribution is 5.98. The van der Waals surface area contributed by atoms with Gasteiger partial charge in [-0.25, -0.2) is 0 Å². The molecular weight excluding hydrogens is 897 g/mol. The number of hydrogen-bond acceptors (Lipinski definition) is 11. The summed E-state index contributed by atoms with van der Waals surface area (Å²) < 4.78 is 0. The third kappa shape index (κ3) is 18.3. The highest BCUT2D eigenvalue weighted by Crippen LogP contribution is 2.19. The van der Waals surface area contributed by atoms with Crippen molar-refractivity contribution >= 4 is 75.9 Å². The number of amides is 10. The van der Waals surface area contributed by atoms with Gasteiger partial charge in [-0.3, -0.25) is 52.9 Å². The fourth-order valence-electron chi connectivity index (χ4n) is 7.44. The molecule has 1 saturated heterocycles. The van der Waals surface area contributed by atoms with Gasteiger partial charge in [-0.2, -0.15) is 0 Å². The second kappa shape index (κ2) is 26.9. The monoisotopic (exact) mass is 958 g/mol. The van der Waals surface area contributed by atoms with E-state index in [1.54, 1.807) is 42.6 Å². The number of carbonyl (C=O) groups is 10. The number of fused-ring (bicyclic) bond motifs is 1. The Morgan fingerprint density at radius 3 is 2.13 bits per heavy atom. The quantitative estimate of drug-likeness (QED) is 0.0401. The first-order valence-corrected chi connectivity index (χ1v) is 22.4. The Labute approximate surface area is 397 Å². The highest BCUT2D eigenvalue weighted by atomic mass is 16.2. The van der Waals surface area contributed by atoms with Crippen molar-refractivity contribution in [3.05, 3.63) is 71.9 Å². The third-order valence-electron chi connectivity index (χ3n) is 11.0. The Balaban J connectivity index is 1.68. The molecule has 372 valence electrons. The van der Waals surface area contributed by atoms with Crippen LogP contribution < -0.4 is 65.5 Å². The second-order valence-corrected chi connectivity index (χ2v) is 16.5. The van der Waals surface area contributed by atoms with Gasteiger partial charge in [0, 0.05) is 56.4 Å². The van der Waals surface area contributed by atoms with Crippen LogP contribution >= 0.6 is 0 Å². The van der Waals surface area contributed by atoms with Crippen LogP contribution in [-0.2, 0) is 60.8 Å². The number of primary amides is 2. The number of rotatable bonds is 15. The van der Waals surface area contributed by atoms with Crippen molar-refractivity contribution in [2.75, 3.05) is 19.6 Å². The third-order valence-corrected chi connectivity index (χ3v) is 11.0. The first kappa shape index (κ1) is 53.6. The smallest absolute Gasteiger partial charge is 0.243 e. The Morgan fingerprint density at radius 2 is 1.43 bits per heavy atom. The van der Waals surface area contributed by atoms with Gasteiger partial charge in [0.05, 0.1) is 13.0 Å². The van der Waals surface area contributed by atoms with E-state index in [4.69, 9.17) is 22.9 Å². The van der Waals surface area contributed by atoms with Gasteiger partial charge >= 0.3 is 0 Å². The number of nitrogens with two attached hydrogens (primary N) is 4. The maximum Gasteiger partial charge on any atom is 0.243 e. The van der Waals surface area contributed by atoms with Crippen LogP contribution in [0.3, 0.4) is 0 Å². The van der Waals surface area contributed by atoms with Gasteiger partial charge in [0.25, 0.3) is 0 Å². The van der Waals surface area contributed by atoms with Crippen molar-refractivity contribution in [2.24, 2.45) is 27.9 Å². The average Bonchev–Trinajstić information content (AvgIpc) is 3.71. The molecule has 1 aromatic heterocycles. The number of para-hydroxylation sites is 1. The summed E-state index contributed by atoms with van der Waals surface area (Å²) in [6, 6.07) is 7.46. The van der Waals surface area contributed by atoms with Gasteiger partial charge < -0.3 is 70.5 Å². The molecule has 1 aliphatic heterocycles. The standard InChI is InChI=1S/C45H62N14O10/c1-25(60)54-31(15-9-19-51-45(48)49)41(66)59-35-22-37(62)50-18-8-7-14-30(39(47)64)56-43(68)34(21-27-23-52-29-13-6-5-12-28(27)29)55-38(63)24-53-40(65)33(20-26-10-3-2-4-11-26)58-42(67)32(57-44(35)69)16-17-36(46)61/h2-6,10-13,23,30-35,52H,7-9,14-22,24H2,1H3,(H2,46,61)(H2,47,64)(H,50,62)(H,53,65)(H,54,60)(H,55,63)(H,56,68)(H,57,69)(H,58,67)(H,59,66)(H4,48,49,51)/t30?,31?,32-,33?,34-,35?/m0/s1. The van der Waals surface area contributed by atoms with Crippen LogP contribution in [0.2, 0.25) is 0 Å². The lowest BCUT2D eigenvalue weighted by molar-refractivity contribution is -0.136. The van der Waals surface area contributed by atoms with Crippen LogP contribution in [0.4, 0.5) is 0 Å². The number of carbonyl (C=O) groups excluding carboxylic acids is 10. The molecule has 2 aromatic carbocycles. The number of benzene rings is 2. The molecule has 4 unspecified atom stereocenters. The molecule has 24 heteroatoms. The highest BCUT2D eigenvalue weighted by Gasteiger charge is 2.33. The normalized spacial score (nSPS) is 20.9. The Morgan fingerprint density at radius 1 is 0.754 bits per heavy atom. The van der Waals surface area contributed by atoms with E-state index in [0.29, 0.717) is 11.1 Å². The molecule has 0 bridgehead atoms. The largest absolute Gasteiger partial charge is 0.370 e. The van der Waals surface area contributed by atoms with Gasteiger partial charge in [0.1, 0.15) is 36.3 Å². The number of aromatic amines is 1. The van der Waals surface area contributed by atoms with Crippen LogP contribution in [0.5, 0.6) is 0 Å². The lowest BCUT2D eigenvalue weighted by atomic mass is 10.0. The summed E-state index contributed by atoms with van der Waals surface area (Å²) in [6.07, 6.45) is 0.812. The fourth-order valence-corrected chi connectivity index (χ4v) is 7.44. The second-order valence-electron chi connectivity index (χ2n) is 16.5. The minimum atomic E-state index is -1.68. The van der Waals surface area contributed by atoms with Gasteiger partial charge in [0.15, 0.2) is 5.96 Å². The molecule has 10 amide bonds. The number of nitrogens with one attached hydrogen (secondary N) is 9. The average molecular weight is 959 g/mol. The molecule has 1 fully saturated rings. The van der Waals surface area contributed by atoms with E-state index < -0.39 is 115 Å². The van der Waals surface area contributed by atoms with E-state index in [2.05, 4.69) is 52.5 Å². The van der Waals surface area contributed by atoms with Gasteiger partial charge in [-0.1, -0.05) is 48.5 Å². The summed E-state index contributed by atoms with van der Waals surface area (Å²) in [4.78, 5) is 140. The van der Waals surface area contributed by atoms with E-state index in [-0.39, 0.29) is 70.4 Å². The summed E-state index contributed by atoms with van der Waals surface area (Å²) in [5.41, 5.74) is 23.9. The number of aromatic nitrogens is 1. The van der Waals surface area contributed by atoms with Crippen molar-refractivity contribution in [2.45, 2.75) is 107 Å². The van der Waals surface area contributed by atoms with E-state index in [9.17, 15) is 47.9 Å². The molecule has 4 rings (SSSR count). The SMILES string of the molecule is CC(=O)NC(CCCN=C(N)N)C(=O)NC1CC(=O)NCCCCC(C(N)=O)NC(=O)[C@H](Cc2c[nH]c3ccccc23)NC(=O)CNC(=O)C(Cc2ccccc2)NC(=O)[C@H](CCC(N)=O)NC1=O. The molecule has 0 saturated carbocycles. The maximum absolute atomic E-state index is 14.1. The fraction of sp³-hybridized carbons (Fsp3) is 0.444. The minimum Gasteiger partial charge on any atom is -0.370 e. The lowest BCUT2D eigenvalue weighted by Gasteiger charge is -2.26. The molecule has 0 aliphatic carbocycles. The predicted octanol–water partition coefficient (Wildman–Crippen LogP) is -3.51. The zero-order valence-electron chi connectivity index (χ0n) is 38.3. The van der Waals surface area contributed by atoms with Crippen LogP contribution in [0, 0.1) is 0 Å². The summed E-state index contributed by atoms with van der Waals surface area (Å²) in [5, 5.41) is 21.2. The molecule has 2 heterocycles. The summed E-state index contributed by atoms with van der Waals surface area (Å²) >= 11 is 0. The number of aliphatic imine (C=N–C) groups is 1. The number of guanidine groups is 1. The molecule has 17 N–H and O–H groups in total. The van der Waals surface area contributed by atoms with Crippen LogP contribution in [0.25, 0.3) is 10.9 Å². The van der Waals surface area contributed by atoms with Gasteiger partial charge in [-0.15, -0.1) is 0 Å². The zero-order chi connectivity index (χ0) is 50.5. The summed E-state index contributed by atoms with van der Waals surface area (Å²) in [5.74, 6) is -8.48. The van der Waals surface area contributed by atoms with Crippen molar-refractivity contribution in [1.29, 1.82) is 0 Å². The topological polar surface area (TPSA) is 399 Å². The summed E-state index contributed by atoms with van der Waals surface area (Å²) in [6.45, 7) is 0.609. The Kier molecular flexibility index (Phi) is 20.9. The van der Waals surface area contributed by atoms with Crippen LogP contribution in [0.1, 0.15) is 69.4 Å². The first-order valence-electron chi connectivity index (χ1n) is 22.4. The molecule has 24 nitrogen and oxygen atoms in total. The number of nitrogens with zero attached hydrogens (tertiary/aromatic N) is 1. The molecule has 0 spiro atoms. The molecule has 1 aliphatic rings. The van der Waals surface area contributed by atoms with Gasteiger partial charge in [-0.05, 0) is 55.7 Å². The lowest BCUT2D eigenvalue weighted by Crippen LogP contribution is -2.59. The molecule has 69 heavy (non-hydrogen) atoms. The van der Waals surface area contributed by atoms with Crippen molar-refractivity contribution < 1.29 is 47.9 Å². The van der Waals surface area contributed by atoms with E-state index >= 15 is 0 Å². The Bertz CT molecular complexity index is 2350. The van der Waals surface area contributed by atoms with E-state index in [1.165, 1.54) is 6.92 Å². The summed E-state index contributed by atoms with van der Waals surface area (Å²) in [7, 11) is 0. The molecular formula is C45H62N14O10. The molecule has 0 radical (unpaired) electrons. The van der Waals surface area contributed by atoms with Crippen LogP contribution in [0.15, 0.2) is 65.8 Å². The minimum absolute atomic E-state index is 0.00652. The van der Waals surface area contributed by atoms with Crippen LogP contribution in [-0.4, -0.2) is 126 Å². The maximum atomic E-state index is 14.1. The molecule has 6 atom stereocenters. The predicted molar refractivity (Wildman–Crippen MR) is 251 cm³/mol. The van der Waals surface area contributed by atoms with E-state index in [1.807, 2.05) is 18.2 Å². The zero-order valence-corrected chi connectivity index (χ0v) is 38.3. The Hall–Kier alpha value is -8.05. The van der Waals surface area contributed by atoms with Crippen molar-refractivity contribution in [3.8, 4) is 0 Å². The van der Waals surface area contributed by atoms with Gasteiger partial charge in [0.2, 0.25) is 59.1 Å². The number of H-pyrrole nitrogens is 1. The van der Waals surface area contributed by atoms with Crippen molar-refractivity contribution in [1.82, 2.24) is 47.5 Å².